The Balaban J connectivity index is 3.40. The van der Waals surface area contributed by atoms with Gasteiger partial charge in [0.15, 0.2) is 0 Å². The third-order valence-corrected chi connectivity index (χ3v) is 1.19. The molecule has 0 saturated heterocycles. The number of esters is 1. The summed E-state index contributed by atoms with van der Waals surface area (Å²) in [7, 11) is 0. The van der Waals surface area contributed by atoms with Gasteiger partial charge in [-0.2, -0.15) is 0 Å². The van der Waals surface area contributed by atoms with Crippen molar-refractivity contribution in [2.75, 3.05) is 19.9 Å². The lowest BCUT2D eigenvalue weighted by Gasteiger charge is -2.11. The average molecular weight is 178 g/mol. The average Bonchev–Trinajstić information content (AvgIpc) is 2.01. The number of carbonyl (C=O) groups is 1. The zero-order valence-electron chi connectivity index (χ0n) is 7.51. The van der Waals surface area contributed by atoms with Gasteiger partial charge < -0.3 is 9.47 Å². The van der Waals surface area contributed by atoms with E-state index in [0.717, 1.165) is 0 Å². The van der Waals surface area contributed by atoms with Crippen LogP contribution in [0.3, 0.4) is 0 Å². The highest BCUT2D eigenvalue weighted by Gasteiger charge is 2.08. The van der Waals surface area contributed by atoms with Gasteiger partial charge in [0.25, 0.3) is 0 Å². The Kier molecular flexibility index (Phi) is 6.66. The summed E-state index contributed by atoms with van der Waals surface area (Å²) in [6, 6.07) is 0. The second kappa shape index (κ2) is 7.03. The molecule has 3 nitrogen and oxygen atoms in total. The number of halogens is 1. The molecular weight excluding hydrogens is 163 g/mol. The van der Waals surface area contributed by atoms with Gasteiger partial charge in [0, 0.05) is 6.61 Å². The quantitative estimate of drug-likeness (QED) is 0.575. The fraction of sp³-hybridized carbons (Fsp3) is 0.875. The molecule has 4 heteroatoms. The highest BCUT2D eigenvalue weighted by molar-refractivity contribution is 5.69. The predicted molar refractivity (Wildman–Crippen MR) is 42.6 cm³/mol. The number of ether oxygens (including phenoxy) is 2. The van der Waals surface area contributed by atoms with Gasteiger partial charge in [-0.05, 0) is 13.8 Å². The van der Waals surface area contributed by atoms with Crippen LogP contribution in [0.25, 0.3) is 0 Å². The fourth-order valence-electron chi connectivity index (χ4n) is 0.678. The van der Waals surface area contributed by atoms with Crippen molar-refractivity contribution in [3.05, 3.63) is 0 Å². The number of rotatable bonds is 6. The first-order chi connectivity index (χ1) is 5.70. The molecule has 0 aliphatic rings. The monoisotopic (exact) mass is 178 g/mol. The molecule has 0 rings (SSSR count). The van der Waals surface area contributed by atoms with Crippen molar-refractivity contribution in [2.24, 2.45) is 0 Å². The fourth-order valence-corrected chi connectivity index (χ4v) is 0.678. The molecule has 0 aliphatic heterocycles. The van der Waals surface area contributed by atoms with E-state index in [9.17, 15) is 9.18 Å². The molecule has 12 heavy (non-hydrogen) atoms. The largest absolute Gasteiger partial charge is 0.460 e. The maximum Gasteiger partial charge on any atom is 0.308 e. The minimum absolute atomic E-state index is 0.170. The van der Waals surface area contributed by atoms with Crippen molar-refractivity contribution in [1.82, 2.24) is 0 Å². The van der Waals surface area contributed by atoms with Gasteiger partial charge in [-0.15, -0.1) is 0 Å². The summed E-state index contributed by atoms with van der Waals surface area (Å²) in [5.41, 5.74) is 0. The van der Waals surface area contributed by atoms with Crippen LogP contribution in [-0.4, -0.2) is 32.0 Å². The molecule has 0 aromatic carbocycles. The molecule has 1 unspecified atom stereocenters. The number of hydrogen-bond donors (Lipinski definition) is 0. The summed E-state index contributed by atoms with van der Waals surface area (Å²) in [6.07, 6.45) is -0.458. The van der Waals surface area contributed by atoms with Crippen molar-refractivity contribution in [2.45, 2.75) is 26.4 Å². The molecule has 0 heterocycles. The molecule has 0 spiro atoms. The van der Waals surface area contributed by atoms with Crippen LogP contribution in [0.15, 0.2) is 0 Å². The van der Waals surface area contributed by atoms with E-state index in [1.165, 1.54) is 0 Å². The summed E-state index contributed by atoms with van der Waals surface area (Å²) >= 11 is 0. The van der Waals surface area contributed by atoms with E-state index in [1.807, 2.05) is 6.92 Å². The number of carbonyl (C=O) groups excluding carboxylic acids is 1. The molecule has 0 saturated carbocycles. The van der Waals surface area contributed by atoms with Crippen LogP contribution in [0.2, 0.25) is 0 Å². The minimum atomic E-state index is -0.666. The lowest BCUT2D eigenvalue weighted by Crippen LogP contribution is -2.20. The Labute approximate surface area is 71.8 Å². The maximum absolute atomic E-state index is 11.6. The van der Waals surface area contributed by atoms with E-state index in [1.54, 1.807) is 6.92 Å². The SMILES string of the molecule is CCOCC(C)OC(=O)CCF. The molecule has 1 atom stereocenters. The highest BCUT2D eigenvalue weighted by Crippen LogP contribution is 1.95. The standard InChI is InChI=1S/C8H15FO3/c1-3-11-6-7(2)12-8(10)4-5-9/h7H,3-6H2,1-2H3. The molecular formula is C8H15FO3. The van der Waals surface area contributed by atoms with Gasteiger partial charge in [0.05, 0.1) is 19.7 Å². The summed E-state index contributed by atoms with van der Waals surface area (Å²) in [4.78, 5) is 10.7. The molecule has 72 valence electrons. The van der Waals surface area contributed by atoms with Crippen LogP contribution in [0.4, 0.5) is 4.39 Å². The van der Waals surface area contributed by atoms with Crippen molar-refractivity contribution >= 4 is 5.97 Å². The third kappa shape index (κ3) is 6.09. The Morgan fingerprint density at radius 3 is 2.75 bits per heavy atom. The molecule has 0 fully saturated rings. The minimum Gasteiger partial charge on any atom is -0.460 e. The molecule has 0 amide bonds. The summed E-state index contributed by atoms with van der Waals surface area (Å²) in [6.45, 7) is 3.86. The Bertz CT molecular complexity index is 127. The topological polar surface area (TPSA) is 35.5 Å². The van der Waals surface area contributed by atoms with Crippen molar-refractivity contribution in [3.63, 3.8) is 0 Å². The van der Waals surface area contributed by atoms with Crippen molar-refractivity contribution < 1.29 is 18.7 Å². The zero-order chi connectivity index (χ0) is 9.40. The third-order valence-electron chi connectivity index (χ3n) is 1.19. The van der Waals surface area contributed by atoms with Gasteiger partial charge >= 0.3 is 5.97 Å². The molecule has 0 radical (unpaired) electrons. The van der Waals surface area contributed by atoms with Crippen LogP contribution >= 0.6 is 0 Å². The van der Waals surface area contributed by atoms with Gasteiger partial charge in [0.2, 0.25) is 0 Å². The zero-order valence-corrected chi connectivity index (χ0v) is 7.51. The van der Waals surface area contributed by atoms with E-state index in [4.69, 9.17) is 9.47 Å². The second-order valence-corrected chi connectivity index (χ2v) is 2.40. The van der Waals surface area contributed by atoms with Crippen molar-refractivity contribution in [3.8, 4) is 0 Å². The lowest BCUT2D eigenvalue weighted by molar-refractivity contribution is -0.151. The number of alkyl halides is 1. The van der Waals surface area contributed by atoms with Gasteiger partial charge in [0.1, 0.15) is 6.10 Å². The highest BCUT2D eigenvalue weighted by atomic mass is 19.1. The van der Waals surface area contributed by atoms with E-state index in [-0.39, 0.29) is 12.5 Å². The molecule has 0 N–H and O–H groups in total. The lowest BCUT2D eigenvalue weighted by atomic mass is 10.4. The van der Waals surface area contributed by atoms with Crippen LogP contribution in [0.5, 0.6) is 0 Å². The molecule has 0 aromatic rings. The first kappa shape index (κ1) is 11.4. The second-order valence-electron chi connectivity index (χ2n) is 2.40. The van der Waals surface area contributed by atoms with E-state index >= 15 is 0 Å². The number of hydrogen-bond acceptors (Lipinski definition) is 3. The first-order valence-electron chi connectivity index (χ1n) is 4.03. The van der Waals surface area contributed by atoms with Crippen LogP contribution in [-0.2, 0) is 14.3 Å². The molecule has 0 aliphatic carbocycles. The molecule has 0 bridgehead atoms. The van der Waals surface area contributed by atoms with E-state index < -0.39 is 12.6 Å². The van der Waals surface area contributed by atoms with Gasteiger partial charge in [-0.3, -0.25) is 9.18 Å². The van der Waals surface area contributed by atoms with Crippen LogP contribution in [0.1, 0.15) is 20.3 Å². The summed E-state index contributed by atoms with van der Waals surface area (Å²) in [5.74, 6) is -0.510. The van der Waals surface area contributed by atoms with E-state index in [2.05, 4.69) is 0 Å². The Morgan fingerprint density at radius 1 is 1.58 bits per heavy atom. The van der Waals surface area contributed by atoms with Crippen molar-refractivity contribution in [1.29, 1.82) is 0 Å². The van der Waals surface area contributed by atoms with Crippen LogP contribution < -0.4 is 0 Å². The molecule has 0 aromatic heterocycles. The predicted octanol–water partition coefficient (Wildman–Crippen LogP) is 1.31. The maximum atomic E-state index is 11.6. The smallest absolute Gasteiger partial charge is 0.308 e. The van der Waals surface area contributed by atoms with E-state index in [0.29, 0.717) is 13.2 Å². The normalized spacial score (nSPS) is 12.6. The Hall–Kier alpha value is -0.640. The Morgan fingerprint density at radius 2 is 2.25 bits per heavy atom. The van der Waals surface area contributed by atoms with Gasteiger partial charge in [-0.1, -0.05) is 0 Å². The summed E-state index contributed by atoms with van der Waals surface area (Å²) < 4.78 is 21.4. The van der Waals surface area contributed by atoms with Gasteiger partial charge in [-0.25, -0.2) is 0 Å². The van der Waals surface area contributed by atoms with Crippen LogP contribution in [0, 0.1) is 0 Å². The first-order valence-corrected chi connectivity index (χ1v) is 4.03. The summed E-state index contributed by atoms with van der Waals surface area (Å²) in [5, 5.41) is 0.